The maximum absolute atomic E-state index is 12.5. The van der Waals surface area contributed by atoms with Crippen LogP contribution in [0.1, 0.15) is 44.7 Å². The van der Waals surface area contributed by atoms with Crippen LogP contribution in [0.15, 0.2) is 91.0 Å². The third-order valence-corrected chi connectivity index (χ3v) is 9.89. The molecule has 2 aliphatic rings. The second-order valence-corrected chi connectivity index (χ2v) is 14.9. The van der Waals surface area contributed by atoms with Crippen molar-refractivity contribution in [2.45, 2.75) is 52.4 Å². The minimum atomic E-state index is -0.457. The summed E-state index contributed by atoms with van der Waals surface area (Å²) < 4.78 is 20.0. The van der Waals surface area contributed by atoms with Crippen LogP contribution in [0.2, 0.25) is 0 Å². The average Bonchev–Trinajstić information content (AvgIpc) is 3.49. The third-order valence-electron chi connectivity index (χ3n) is 9.89. The molecule has 0 saturated carbocycles. The van der Waals surface area contributed by atoms with Gasteiger partial charge < -0.3 is 24.0 Å². The Bertz CT molecular complexity index is 1940. The third kappa shape index (κ3) is 8.67. The molecule has 4 heterocycles. The monoisotopic (exact) mass is 702 g/mol. The zero-order valence-electron chi connectivity index (χ0n) is 30.8. The number of nitrogens with zero attached hydrogens (tertiary/aromatic N) is 6. The minimum absolute atomic E-state index is 0.187. The molecule has 0 N–H and O–H groups in total. The predicted octanol–water partition coefficient (Wildman–Crippen LogP) is 7.56. The molecule has 0 radical (unpaired) electrons. The van der Waals surface area contributed by atoms with E-state index in [0.29, 0.717) is 30.9 Å². The Morgan fingerprint density at radius 3 is 2.10 bits per heavy atom. The Morgan fingerprint density at radius 2 is 1.44 bits per heavy atom. The van der Waals surface area contributed by atoms with Gasteiger partial charge in [0.2, 0.25) is 11.8 Å². The van der Waals surface area contributed by atoms with Gasteiger partial charge in [0.05, 0.1) is 11.1 Å². The first kappa shape index (κ1) is 35.3. The van der Waals surface area contributed by atoms with E-state index in [1.807, 2.05) is 110 Å². The zero-order valence-corrected chi connectivity index (χ0v) is 30.8. The van der Waals surface area contributed by atoms with Crippen molar-refractivity contribution >= 4 is 22.7 Å². The quantitative estimate of drug-likeness (QED) is 0.148. The van der Waals surface area contributed by atoms with E-state index in [0.717, 1.165) is 91.9 Å². The molecule has 7 rings (SSSR count). The van der Waals surface area contributed by atoms with Crippen molar-refractivity contribution in [2.24, 2.45) is 13.0 Å². The molecule has 272 valence electrons. The lowest BCUT2D eigenvalue weighted by atomic mass is 9.96. The van der Waals surface area contributed by atoms with Gasteiger partial charge in [-0.05, 0) is 74.9 Å². The Morgan fingerprint density at radius 1 is 0.788 bits per heavy atom. The molecule has 1 amide bonds. The molecule has 10 heteroatoms. The summed E-state index contributed by atoms with van der Waals surface area (Å²) in [6.07, 6.45) is 1.86. The number of pyridine rings is 1. The number of hydrogen-bond donors (Lipinski definition) is 0. The number of fused-ring (bicyclic) bond motifs is 1. The summed E-state index contributed by atoms with van der Waals surface area (Å²) in [5, 5.41) is 6.04. The lowest BCUT2D eigenvalue weighted by Crippen LogP contribution is -2.49. The summed E-state index contributed by atoms with van der Waals surface area (Å²) in [6.45, 7) is 13.2. The minimum Gasteiger partial charge on any atom is -0.473 e. The Labute approximate surface area is 306 Å². The second-order valence-electron chi connectivity index (χ2n) is 14.9. The summed E-state index contributed by atoms with van der Waals surface area (Å²) in [6, 6.07) is 30.7. The van der Waals surface area contributed by atoms with E-state index in [2.05, 4.69) is 28.0 Å². The normalized spacial score (nSPS) is 15.9. The molecule has 5 aromatic rings. The van der Waals surface area contributed by atoms with Crippen molar-refractivity contribution in [3.05, 3.63) is 102 Å². The number of carbonyl (C=O) groups is 1. The second kappa shape index (κ2) is 15.7. The van der Waals surface area contributed by atoms with Gasteiger partial charge in [-0.25, -0.2) is 4.79 Å². The van der Waals surface area contributed by atoms with Gasteiger partial charge in [-0.3, -0.25) is 9.58 Å². The number of anilines is 1. The molecule has 0 aliphatic carbocycles. The molecule has 0 bridgehead atoms. The molecular formula is C42H50N6O4. The van der Waals surface area contributed by atoms with Gasteiger partial charge in [0.25, 0.3) is 0 Å². The van der Waals surface area contributed by atoms with Crippen LogP contribution < -0.4 is 14.4 Å². The van der Waals surface area contributed by atoms with E-state index >= 15 is 0 Å². The number of ether oxygens (including phenoxy) is 3. The fourth-order valence-electron chi connectivity index (χ4n) is 7.07. The summed E-state index contributed by atoms with van der Waals surface area (Å²) >= 11 is 0. The highest BCUT2D eigenvalue weighted by Crippen LogP contribution is 2.36. The largest absolute Gasteiger partial charge is 0.473 e. The fourth-order valence-corrected chi connectivity index (χ4v) is 7.07. The number of benzene rings is 3. The number of carbonyl (C=O) groups excluding carboxylic acids is 1. The topological polar surface area (TPSA) is 85.2 Å². The van der Waals surface area contributed by atoms with Crippen molar-refractivity contribution in [3.63, 3.8) is 0 Å². The lowest BCUT2D eigenvalue weighted by molar-refractivity contribution is 0.0169. The Balaban J connectivity index is 1.01. The van der Waals surface area contributed by atoms with E-state index in [9.17, 15) is 4.79 Å². The first-order chi connectivity index (χ1) is 25.2. The smallest absolute Gasteiger partial charge is 0.410 e. The lowest BCUT2D eigenvalue weighted by Gasteiger charge is -2.39. The van der Waals surface area contributed by atoms with Crippen molar-refractivity contribution in [1.29, 1.82) is 0 Å². The van der Waals surface area contributed by atoms with Crippen LogP contribution in [0.25, 0.3) is 22.2 Å². The average molecular weight is 703 g/mol. The molecule has 2 aliphatic heterocycles. The highest BCUT2D eigenvalue weighted by atomic mass is 16.6. The molecule has 0 spiro atoms. The van der Waals surface area contributed by atoms with Gasteiger partial charge in [0.1, 0.15) is 24.5 Å². The molecular weight excluding hydrogens is 652 g/mol. The molecule has 0 unspecified atom stereocenters. The van der Waals surface area contributed by atoms with Crippen molar-refractivity contribution in [1.82, 2.24) is 24.6 Å². The summed E-state index contributed by atoms with van der Waals surface area (Å²) in [5.41, 5.74) is 5.60. The van der Waals surface area contributed by atoms with Gasteiger partial charge in [-0.15, -0.1) is 0 Å². The number of hydrogen-bond acceptors (Lipinski definition) is 8. The zero-order chi connectivity index (χ0) is 36.1. The first-order valence-electron chi connectivity index (χ1n) is 18.5. The SMILES string of the molecule is Cn1nc(-c2ccc(OCc3ccccc3)nc2OCc2ccccc2)c2ccc(N3CCN(CC4CCN(C(=O)OC(C)(C)C)CC4)CC3)cc21. The maximum atomic E-state index is 12.5. The standard InChI is InChI=1S/C42H50N6O4/c1-42(2,3)52-41(49)48-21-19-31(20-22-48)28-46-23-25-47(26-24-46)34-15-16-35-37(27-34)45(4)44-39(35)36-17-18-38(50-29-32-11-7-5-8-12-32)43-40(36)51-30-33-13-9-6-10-14-33/h5-18,27,31H,19-26,28-30H2,1-4H3. The van der Waals surface area contributed by atoms with E-state index in [4.69, 9.17) is 24.3 Å². The van der Waals surface area contributed by atoms with Crippen molar-refractivity contribution in [3.8, 4) is 23.0 Å². The number of aryl methyl sites for hydroxylation is 1. The van der Waals surface area contributed by atoms with E-state index in [-0.39, 0.29) is 6.09 Å². The molecule has 3 aromatic carbocycles. The number of aromatic nitrogens is 3. The molecule has 52 heavy (non-hydrogen) atoms. The van der Waals surface area contributed by atoms with Crippen LogP contribution in [0.5, 0.6) is 11.8 Å². The van der Waals surface area contributed by atoms with Gasteiger partial charge in [-0.2, -0.15) is 10.1 Å². The Kier molecular flexibility index (Phi) is 10.6. The van der Waals surface area contributed by atoms with Crippen LogP contribution in [0.3, 0.4) is 0 Å². The van der Waals surface area contributed by atoms with Crippen LogP contribution in [-0.2, 0) is 25.0 Å². The molecule has 0 atom stereocenters. The highest BCUT2D eigenvalue weighted by Gasteiger charge is 2.29. The van der Waals surface area contributed by atoms with Crippen LogP contribution in [0.4, 0.5) is 10.5 Å². The predicted molar refractivity (Wildman–Crippen MR) is 205 cm³/mol. The van der Waals surface area contributed by atoms with E-state index < -0.39 is 5.60 Å². The number of piperazine rings is 1. The van der Waals surface area contributed by atoms with Gasteiger partial charge in [0.15, 0.2) is 0 Å². The summed E-state index contributed by atoms with van der Waals surface area (Å²) in [5.74, 6) is 1.60. The fraction of sp³-hybridized carbons (Fsp3) is 0.405. The number of likely N-dealkylation sites (tertiary alicyclic amines) is 1. The van der Waals surface area contributed by atoms with Crippen molar-refractivity contribution < 1.29 is 19.0 Å². The van der Waals surface area contributed by atoms with Crippen LogP contribution >= 0.6 is 0 Å². The molecule has 10 nitrogen and oxygen atoms in total. The molecule has 2 saturated heterocycles. The number of piperidine rings is 1. The number of amides is 1. The van der Waals surface area contributed by atoms with Gasteiger partial charge >= 0.3 is 6.09 Å². The Hall–Kier alpha value is -5.09. The first-order valence-corrected chi connectivity index (χ1v) is 18.5. The number of rotatable bonds is 10. The maximum Gasteiger partial charge on any atom is 0.410 e. The van der Waals surface area contributed by atoms with Gasteiger partial charge in [0, 0.05) is 70.0 Å². The molecule has 2 aromatic heterocycles. The summed E-state index contributed by atoms with van der Waals surface area (Å²) in [4.78, 5) is 24.2. The highest BCUT2D eigenvalue weighted by molar-refractivity contribution is 5.96. The van der Waals surface area contributed by atoms with Crippen LogP contribution in [-0.4, -0.2) is 82.1 Å². The van der Waals surface area contributed by atoms with Crippen LogP contribution in [0, 0.1) is 5.92 Å². The molecule has 2 fully saturated rings. The van der Waals surface area contributed by atoms with E-state index in [1.54, 1.807) is 0 Å². The van der Waals surface area contributed by atoms with Crippen molar-refractivity contribution in [2.75, 3.05) is 50.7 Å². The summed E-state index contributed by atoms with van der Waals surface area (Å²) in [7, 11) is 2.00. The van der Waals surface area contributed by atoms with E-state index in [1.165, 1.54) is 5.69 Å². The van der Waals surface area contributed by atoms with Gasteiger partial charge in [-0.1, -0.05) is 60.7 Å².